The van der Waals surface area contributed by atoms with Crippen molar-refractivity contribution >= 4 is 5.91 Å². The maximum absolute atomic E-state index is 11.7. The van der Waals surface area contributed by atoms with E-state index in [2.05, 4.69) is 20.8 Å². The number of nitrogens with two attached hydrogens (primary N) is 1. The number of carbonyl (C=O) groups is 1. The van der Waals surface area contributed by atoms with Gasteiger partial charge in [-0.05, 0) is 19.3 Å². The summed E-state index contributed by atoms with van der Waals surface area (Å²) >= 11 is 0. The van der Waals surface area contributed by atoms with Crippen molar-refractivity contribution in [3.63, 3.8) is 0 Å². The third kappa shape index (κ3) is 14.5. The zero-order valence-corrected chi connectivity index (χ0v) is 19.8. The van der Waals surface area contributed by atoms with Crippen LogP contribution in [0.1, 0.15) is 156 Å². The molecule has 168 valence electrons. The lowest BCUT2D eigenvalue weighted by Crippen LogP contribution is -2.36. The Morgan fingerprint density at radius 2 is 0.821 bits per heavy atom. The van der Waals surface area contributed by atoms with Crippen LogP contribution in [-0.2, 0) is 4.79 Å². The van der Waals surface area contributed by atoms with E-state index in [1.807, 2.05) is 0 Å². The van der Waals surface area contributed by atoms with E-state index < -0.39 is 0 Å². The molecule has 0 atom stereocenters. The Balaban J connectivity index is 3.29. The molecule has 0 unspecified atom stereocenters. The highest BCUT2D eigenvalue weighted by atomic mass is 16.1. The van der Waals surface area contributed by atoms with E-state index in [0.29, 0.717) is 0 Å². The molecular formula is C26H53NO. The van der Waals surface area contributed by atoms with Crippen molar-refractivity contribution in [2.45, 2.75) is 156 Å². The van der Waals surface area contributed by atoms with Crippen LogP contribution in [0.2, 0.25) is 0 Å². The van der Waals surface area contributed by atoms with Crippen LogP contribution in [0.3, 0.4) is 0 Å². The Hall–Kier alpha value is -0.530. The highest BCUT2D eigenvalue weighted by Gasteiger charge is 2.31. The van der Waals surface area contributed by atoms with Crippen LogP contribution in [0.15, 0.2) is 0 Å². The van der Waals surface area contributed by atoms with Gasteiger partial charge in [-0.1, -0.05) is 136 Å². The molecule has 0 aliphatic carbocycles. The molecular weight excluding hydrogens is 342 g/mol. The molecule has 0 saturated heterocycles. The molecule has 0 bridgehead atoms. The largest absolute Gasteiger partial charge is 0.369 e. The maximum Gasteiger partial charge on any atom is 0.223 e. The summed E-state index contributed by atoms with van der Waals surface area (Å²) in [5.74, 6) is -0.0931. The van der Waals surface area contributed by atoms with Crippen molar-refractivity contribution in [2.24, 2.45) is 11.1 Å². The van der Waals surface area contributed by atoms with E-state index in [1.54, 1.807) is 0 Å². The first-order valence-corrected chi connectivity index (χ1v) is 12.9. The maximum atomic E-state index is 11.7. The minimum absolute atomic E-state index is 0.0931. The predicted molar refractivity (Wildman–Crippen MR) is 126 cm³/mol. The van der Waals surface area contributed by atoms with Crippen LogP contribution >= 0.6 is 0 Å². The van der Waals surface area contributed by atoms with Crippen molar-refractivity contribution in [1.82, 2.24) is 0 Å². The third-order valence-corrected chi connectivity index (χ3v) is 6.89. The van der Waals surface area contributed by atoms with Crippen LogP contribution in [0.25, 0.3) is 0 Å². The van der Waals surface area contributed by atoms with Gasteiger partial charge in [-0.25, -0.2) is 0 Å². The summed E-state index contributed by atoms with van der Waals surface area (Å²) in [5, 5.41) is 0. The lowest BCUT2D eigenvalue weighted by molar-refractivity contribution is -0.128. The van der Waals surface area contributed by atoms with E-state index in [-0.39, 0.29) is 11.3 Å². The molecule has 0 aromatic carbocycles. The fourth-order valence-corrected chi connectivity index (χ4v) is 4.44. The van der Waals surface area contributed by atoms with Gasteiger partial charge in [0.15, 0.2) is 0 Å². The zero-order chi connectivity index (χ0) is 20.9. The lowest BCUT2D eigenvalue weighted by Gasteiger charge is -2.27. The van der Waals surface area contributed by atoms with Crippen LogP contribution < -0.4 is 5.73 Å². The molecule has 0 aliphatic heterocycles. The van der Waals surface area contributed by atoms with Gasteiger partial charge in [-0.3, -0.25) is 4.79 Å². The molecule has 1 amide bonds. The molecule has 0 rings (SSSR count). The minimum atomic E-state index is -0.241. The molecule has 0 radical (unpaired) electrons. The van der Waals surface area contributed by atoms with Crippen LogP contribution in [-0.4, -0.2) is 5.91 Å². The molecule has 0 saturated carbocycles. The summed E-state index contributed by atoms with van der Waals surface area (Å²) in [6.45, 7) is 6.49. The summed E-state index contributed by atoms with van der Waals surface area (Å²) in [4.78, 5) is 11.7. The second-order valence-electron chi connectivity index (χ2n) is 9.11. The smallest absolute Gasteiger partial charge is 0.223 e. The van der Waals surface area contributed by atoms with E-state index in [9.17, 15) is 4.79 Å². The summed E-state index contributed by atoms with van der Waals surface area (Å²) in [7, 11) is 0. The fourth-order valence-electron chi connectivity index (χ4n) is 4.44. The van der Waals surface area contributed by atoms with Gasteiger partial charge in [-0.15, -0.1) is 0 Å². The Labute approximate surface area is 177 Å². The Bertz CT molecular complexity index is 335. The number of carbonyl (C=O) groups excluding carboxylic acids is 1. The third-order valence-electron chi connectivity index (χ3n) is 6.89. The number of unbranched alkanes of at least 4 members (excludes halogenated alkanes) is 17. The van der Waals surface area contributed by atoms with Crippen molar-refractivity contribution in [3.05, 3.63) is 0 Å². The highest BCUT2D eigenvalue weighted by Crippen LogP contribution is 2.32. The molecule has 2 N–H and O–H groups in total. The van der Waals surface area contributed by atoms with Crippen molar-refractivity contribution in [1.29, 1.82) is 0 Å². The Morgan fingerprint density at radius 1 is 0.536 bits per heavy atom. The van der Waals surface area contributed by atoms with E-state index in [0.717, 1.165) is 25.7 Å². The number of hydrogen-bond acceptors (Lipinski definition) is 1. The molecule has 2 heteroatoms. The molecule has 0 spiro atoms. The molecule has 0 aromatic rings. The molecule has 28 heavy (non-hydrogen) atoms. The van der Waals surface area contributed by atoms with Crippen LogP contribution in [0.5, 0.6) is 0 Å². The summed E-state index contributed by atoms with van der Waals surface area (Å²) in [5.41, 5.74) is 5.39. The first kappa shape index (κ1) is 27.5. The standard InChI is InChI=1S/C26H53NO/c1-4-7-8-9-10-11-12-13-14-15-16-17-18-19-20-21-22-23-24-26(5-2,6-3)25(27)28/h4-24H2,1-3H3,(H2,27,28). The average molecular weight is 396 g/mol. The van der Waals surface area contributed by atoms with Gasteiger partial charge in [0.25, 0.3) is 0 Å². The second-order valence-corrected chi connectivity index (χ2v) is 9.11. The van der Waals surface area contributed by atoms with E-state index in [4.69, 9.17) is 5.73 Å². The first-order valence-electron chi connectivity index (χ1n) is 12.9. The monoisotopic (exact) mass is 395 g/mol. The second kappa shape index (κ2) is 19.8. The summed E-state index contributed by atoms with van der Waals surface area (Å²) < 4.78 is 0. The predicted octanol–water partition coefficient (Wildman–Crippen LogP) is 8.71. The number of primary amides is 1. The van der Waals surface area contributed by atoms with Gasteiger partial charge >= 0.3 is 0 Å². The van der Waals surface area contributed by atoms with Gasteiger partial charge in [0.2, 0.25) is 5.91 Å². The summed E-state index contributed by atoms with van der Waals surface area (Å²) in [6.07, 6.45) is 27.9. The fraction of sp³-hybridized carbons (Fsp3) is 0.962. The average Bonchev–Trinajstić information content (AvgIpc) is 2.70. The SMILES string of the molecule is CCCCCCCCCCCCCCCCCCCCC(CC)(CC)C(N)=O. The minimum Gasteiger partial charge on any atom is -0.369 e. The van der Waals surface area contributed by atoms with Crippen molar-refractivity contribution in [3.8, 4) is 0 Å². The highest BCUT2D eigenvalue weighted by molar-refractivity contribution is 5.80. The van der Waals surface area contributed by atoms with Crippen molar-refractivity contribution in [2.75, 3.05) is 0 Å². The van der Waals surface area contributed by atoms with Crippen LogP contribution in [0.4, 0.5) is 0 Å². The Morgan fingerprint density at radius 3 is 1.07 bits per heavy atom. The van der Waals surface area contributed by atoms with Crippen LogP contribution in [0, 0.1) is 5.41 Å². The Kier molecular flexibility index (Phi) is 19.4. The van der Waals surface area contributed by atoms with Gasteiger partial charge in [0.1, 0.15) is 0 Å². The molecule has 0 aliphatic rings. The topological polar surface area (TPSA) is 43.1 Å². The van der Waals surface area contributed by atoms with Crippen molar-refractivity contribution < 1.29 is 4.79 Å². The first-order chi connectivity index (χ1) is 13.6. The van der Waals surface area contributed by atoms with Gasteiger partial charge in [-0.2, -0.15) is 0 Å². The summed E-state index contributed by atoms with van der Waals surface area (Å²) in [6, 6.07) is 0. The lowest BCUT2D eigenvalue weighted by atomic mass is 9.77. The molecule has 0 fully saturated rings. The van der Waals surface area contributed by atoms with E-state index in [1.165, 1.54) is 109 Å². The zero-order valence-electron chi connectivity index (χ0n) is 19.8. The molecule has 0 heterocycles. The number of rotatable bonds is 22. The number of amides is 1. The van der Waals surface area contributed by atoms with Gasteiger partial charge in [0, 0.05) is 5.41 Å². The quantitative estimate of drug-likeness (QED) is 0.183. The normalized spacial score (nSPS) is 11.8. The van der Waals surface area contributed by atoms with Gasteiger partial charge < -0.3 is 5.73 Å². The number of hydrogen-bond donors (Lipinski definition) is 1. The van der Waals surface area contributed by atoms with Gasteiger partial charge in [0.05, 0.1) is 0 Å². The molecule has 2 nitrogen and oxygen atoms in total. The van der Waals surface area contributed by atoms with E-state index >= 15 is 0 Å². The molecule has 0 aromatic heterocycles.